The van der Waals surface area contributed by atoms with Crippen LogP contribution in [0.3, 0.4) is 0 Å². The van der Waals surface area contributed by atoms with Crippen molar-refractivity contribution in [3.63, 3.8) is 0 Å². The van der Waals surface area contributed by atoms with Crippen LogP contribution in [-0.4, -0.2) is 70.5 Å². The molecule has 0 saturated carbocycles. The van der Waals surface area contributed by atoms with E-state index < -0.39 is 12.1 Å². The molecule has 3 aromatic rings. The van der Waals surface area contributed by atoms with Crippen molar-refractivity contribution in [2.24, 2.45) is 0 Å². The van der Waals surface area contributed by atoms with Crippen molar-refractivity contribution in [1.82, 2.24) is 25.4 Å². The van der Waals surface area contributed by atoms with Gasteiger partial charge in [-0.25, -0.2) is 9.59 Å². The predicted octanol–water partition coefficient (Wildman–Crippen LogP) is 3.86. The van der Waals surface area contributed by atoms with Crippen LogP contribution in [0.5, 0.6) is 0 Å². The zero-order valence-electron chi connectivity index (χ0n) is 21.9. The Morgan fingerprint density at radius 2 is 1.76 bits per heavy atom. The Kier molecular flexibility index (Phi) is 8.01. The molecule has 2 atom stereocenters. The van der Waals surface area contributed by atoms with E-state index in [4.69, 9.17) is 0 Å². The Morgan fingerprint density at radius 3 is 2.49 bits per heavy atom. The molecule has 2 unspecified atom stereocenters. The molecule has 9 heteroatoms. The van der Waals surface area contributed by atoms with E-state index in [0.717, 1.165) is 22.0 Å². The van der Waals surface area contributed by atoms with E-state index in [1.165, 1.54) is 0 Å². The van der Waals surface area contributed by atoms with Gasteiger partial charge in [-0.3, -0.25) is 4.79 Å². The third kappa shape index (κ3) is 6.22. The fraction of sp³-hybridized carbons (Fsp3) is 0.393. The van der Waals surface area contributed by atoms with Crippen LogP contribution >= 0.6 is 0 Å². The molecule has 0 aliphatic carbocycles. The van der Waals surface area contributed by atoms with Crippen LogP contribution < -0.4 is 16.0 Å². The normalized spacial score (nSPS) is 16.5. The lowest BCUT2D eigenvalue weighted by Gasteiger charge is -2.41. The first-order valence-electron chi connectivity index (χ1n) is 12.8. The highest BCUT2D eigenvalue weighted by Crippen LogP contribution is 2.21. The molecular formula is C28H36N6O3. The molecule has 1 saturated heterocycles. The van der Waals surface area contributed by atoms with E-state index in [0.29, 0.717) is 31.7 Å². The largest absolute Gasteiger partial charge is 0.361 e. The second-order valence-corrected chi connectivity index (χ2v) is 9.96. The van der Waals surface area contributed by atoms with Crippen LogP contribution in [0.25, 0.3) is 10.9 Å². The molecule has 4 N–H and O–H groups in total. The van der Waals surface area contributed by atoms with Crippen LogP contribution in [0.1, 0.15) is 31.9 Å². The third-order valence-corrected chi connectivity index (χ3v) is 6.71. The molecule has 0 radical (unpaired) electrons. The number of benzene rings is 2. The number of nitrogens with one attached hydrogen (secondary N) is 4. The molecule has 0 bridgehead atoms. The summed E-state index contributed by atoms with van der Waals surface area (Å²) >= 11 is 0. The minimum Gasteiger partial charge on any atom is -0.361 e. The molecule has 196 valence electrons. The van der Waals surface area contributed by atoms with Crippen LogP contribution in [0, 0.1) is 6.92 Å². The number of para-hydroxylation sites is 2. The van der Waals surface area contributed by atoms with E-state index >= 15 is 0 Å². The van der Waals surface area contributed by atoms with E-state index in [9.17, 15) is 14.4 Å². The number of anilines is 1. The number of aromatic nitrogens is 1. The van der Waals surface area contributed by atoms with Crippen LogP contribution in [0.15, 0.2) is 54.7 Å². The van der Waals surface area contributed by atoms with Crippen molar-refractivity contribution >= 4 is 34.6 Å². The van der Waals surface area contributed by atoms with Crippen LogP contribution in [-0.2, 0) is 11.2 Å². The van der Waals surface area contributed by atoms with Gasteiger partial charge in [0.25, 0.3) is 0 Å². The number of hydrogen-bond donors (Lipinski definition) is 4. The minimum atomic E-state index is -0.772. The van der Waals surface area contributed by atoms with Crippen LogP contribution in [0.4, 0.5) is 15.3 Å². The number of aryl methyl sites for hydroxylation is 1. The summed E-state index contributed by atoms with van der Waals surface area (Å²) in [5, 5.41) is 9.74. The lowest BCUT2D eigenvalue weighted by atomic mass is 10.0. The number of carbonyl (C=O) groups excluding carboxylic acids is 3. The maximum atomic E-state index is 13.8. The fourth-order valence-electron chi connectivity index (χ4n) is 4.76. The van der Waals surface area contributed by atoms with Crippen molar-refractivity contribution in [2.75, 3.05) is 25.0 Å². The number of fused-ring (bicyclic) bond motifs is 1. The first-order chi connectivity index (χ1) is 17.7. The second kappa shape index (κ2) is 11.4. The lowest BCUT2D eigenvalue weighted by Crippen LogP contribution is -2.61. The summed E-state index contributed by atoms with van der Waals surface area (Å²) in [6, 6.07) is 14.0. The molecule has 4 rings (SSSR count). The number of carbonyl (C=O) groups is 3. The summed E-state index contributed by atoms with van der Waals surface area (Å²) in [6.07, 6.45) is 2.23. The van der Waals surface area contributed by atoms with Crippen molar-refractivity contribution < 1.29 is 14.4 Å². The van der Waals surface area contributed by atoms with Gasteiger partial charge in [-0.1, -0.05) is 36.4 Å². The average molecular weight is 505 g/mol. The van der Waals surface area contributed by atoms with E-state index in [1.807, 2.05) is 82.4 Å². The van der Waals surface area contributed by atoms with Crippen molar-refractivity contribution in [2.45, 2.75) is 52.2 Å². The van der Waals surface area contributed by atoms with Gasteiger partial charge < -0.3 is 30.7 Å². The molecule has 1 fully saturated rings. The minimum absolute atomic E-state index is 0.0379. The first kappa shape index (κ1) is 26.1. The Hall–Kier alpha value is -4.01. The molecule has 1 aromatic heterocycles. The van der Waals surface area contributed by atoms with Gasteiger partial charge in [-0.05, 0) is 51.0 Å². The van der Waals surface area contributed by atoms with Gasteiger partial charge in [0, 0.05) is 60.9 Å². The average Bonchev–Trinajstić information content (AvgIpc) is 3.27. The summed E-state index contributed by atoms with van der Waals surface area (Å²) < 4.78 is 0. The standard InChI is InChI=1S/C28H36N6O3/c1-18(2)30-28(37)34-14-13-33(17-20(34)4)26(35)25(15-21-16-29-24-12-8-6-10-22(21)24)32-27(36)31-23-11-7-5-9-19(23)3/h5-12,16,18,20,25,29H,13-15,17H2,1-4H3,(H,30,37)(H2,31,32,36). The fourth-order valence-corrected chi connectivity index (χ4v) is 4.76. The summed E-state index contributed by atoms with van der Waals surface area (Å²) in [5.74, 6) is -0.166. The quantitative estimate of drug-likeness (QED) is 0.409. The van der Waals surface area contributed by atoms with Gasteiger partial charge in [0.15, 0.2) is 0 Å². The number of amides is 5. The highest BCUT2D eigenvalue weighted by Gasteiger charge is 2.34. The SMILES string of the molecule is Cc1ccccc1NC(=O)NC(Cc1c[nH]c2ccccc12)C(=O)N1CCN(C(=O)NC(C)C)C(C)C1. The number of rotatable bonds is 6. The molecule has 5 amide bonds. The molecule has 37 heavy (non-hydrogen) atoms. The molecular weight excluding hydrogens is 468 g/mol. The first-order valence-corrected chi connectivity index (χ1v) is 12.8. The predicted molar refractivity (Wildman–Crippen MR) is 146 cm³/mol. The number of aromatic amines is 1. The number of hydrogen-bond acceptors (Lipinski definition) is 3. The molecule has 2 heterocycles. The van der Waals surface area contributed by atoms with Gasteiger partial charge in [0.1, 0.15) is 6.04 Å². The summed E-state index contributed by atoms with van der Waals surface area (Å²) in [7, 11) is 0. The van der Waals surface area contributed by atoms with Gasteiger partial charge >= 0.3 is 12.1 Å². The number of urea groups is 2. The lowest BCUT2D eigenvalue weighted by molar-refractivity contribution is -0.135. The van der Waals surface area contributed by atoms with Gasteiger partial charge in [0.05, 0.1) is 0 Å². The van der Waals surface area contributed by atoms with Crippen molar-refractivity contribution in [3.05, 3.63) is 65.9 Å². The number of H-pyrrole nitrogens is 1. The zero-order valence-corrected chi connectivity index (χ0v) is 21.9. The van der Waals surface area contributed by atoms with Gasteiger partial charge in [-0.15, -0.1) is 0 Å². The highest BCUT2D eigenvalue weighted by atomic mass is 16.2. The maximum absolute atomic E-state index is 13.8. The van der Waals surface area contributed by atoms with E-state index in [1.54, 1.807) is 9.80 Å². The Labute approximate surface area is 217 Å². The number of nitrogens with zero attached hydrogens (tertiary/aromatic N) is 2. The maximum Gasteiger partial charge on any atom is 0.319 e. The molecule has 1 aliphatic heterocycles. The number of piperazine rings is 1. The Morgan fingerprint density at radius 1 is 1.03 bits per heavy atom. The topological polar surface area (TPSA) is 110 Å². The molecule has 9 nitrogen and oxygen atoms in total. The van der Waals surface area contributed by atoms with E-state index in [-0.39, 0.29) is 24.0 Å². The third-order valence-electron chi connectivity index (χ3n) is 6.71. The second-order valence-electron chi connectivity index (χ2n) is 9.96. The molecule has 2 aromatic carbocycles. The van der Waals surface area contributed by atoms with E-state index in [2.05, 4.69) is 20.9 Å². The van der Waals surface area contributed by atoms with Crippen molar-refractivity contribution in [3.8, 4) is 0 Å². The van der Waals surface area contributed by atoms with Gasteiger partial charge in [0.2, 0.25) is 5.91 Å². The Balaban J connectivity index is 1.51. The van der Waals surface area contributed by atoms with Gasteiger partial charge in [-0.2, -0.15) is 0 Å². The van der Waals surface area contributed by atoms with Crippen LogP contribution in [0.2, 0.25) is 0 Å². The summed E-state index contributed by atoms with van der Waals surface area (Å²) in [4.78, 5) is 46.1. The monoisotopic (exact) mass is 504 g/mol. The summed E-state index contributed by atoms with van der Waals surface area (Å²) in [5.41, 5.74) is 3.55. The molecule has 1 aliphatic rings. The highest BCUT2D eigenvalue weighted by molar-refractivity contribution is 5.95. The zero-order chi connectivity index (χ0) is 26.5. The molecule has 0 spiro atoms. The Bertz CT molecular complexity index is 1270. The van der Waals surface area contributed by atoms with Crippen molar-refractivity contribution in [1.29, 1.82) is 0 Å². The summed E-state index contributed by atoms with van der Waals surface area (Å²) in [6.45, 7) is 8.93. The smallest absolute Gasteiger partial charge is 0.319 e.